The average molecular weight is 401 g/mol. The maximum Gasteiger partial charge on any atom is 0.264 e. The highest BCUT2D eigenvalue weighted by Gasteiger charge is 2.14. The van der Waals surface area contributed by atoms with Gasteiger partial charge in [-0.2, -0.15) is 5.10 Å². The molecule has 0 unspecified atom stereocenters. The van der Waals surface area contributed by atoms with Crippen molar-refractivity contribution in [2.45, 2.75) is 20.0 Å². The zero-order chi connectivity index (χ0) is 21.1. The molecule has 150 valence electrons. The van der Waals surface area contributed by atoms with Crippen LogP contribution in [-0.4, -0.2) is 31.0 Å². The molecular formula is C22H19N5O3. The number of fused-ring (bicyclic) bond motifs is 1. The summed E-state index contributed by atoms with van der Waals surface area (Å²) in [5.41, 5.74) is 2.28. The minimum Gasteiger partial charge on any atom is -0.352 e. The topological polar surface area (TPSA) is 98.9 Å². The number of aromatic nitrogens is 4. The van der Waals surface area contributed by atoms with Gasteiger partial charge >= 0.3 is 0 Å². The van der Waals surface area contributed by atoms with E-state index in [9.17, 15) is 14.4 Å². The highest BCUT2D eigenvalue weighted by Crippen LogP contribution is 2.13. The summed E-state index contributed by atoms with van der Waals surface area (Å²) in [6.07, 6.45) is 2.84. The third kappa shape index (κ3) is 3.88. The van der Waals surface area contributed by atoms with Crippen LogP contribution in [0.3, 0.4) is 0 Å². The van der Waals surface area contributed by atoms with Crippen LogP contribution in [0.15, 0.2) is 71.9 Å². The van der Waals surface area contributed by atoms with Crippen molar-refractivity contribution in [1.82, 2.24) is 24.6 Å². The first-order chi connectivity index (χ1) is 14.5. The number of amides is 1. The number of carbonyl (C=O) groups excluding carboxylic acids is 2. The predicted molar refractivity (Wildman–Crippen MR) is 111 cm³/mol. The number of hydrogen-bond acceptors (Lipinski definition) is 5. The first kappa shape index (κ1) is 19.3. The van der Waals surface area contributed by atoms with Gasteiger partial charge in [-0.25, -0.2) is 9.67 Å². The van der Waals surface area contributed by atoms with E-state index in [1.54, 1.807) is 28.9 Å². The molecule has 30 heavy (non-hydrogen) atoms. The van der Waals surface area contributed by atoms with Crippen LogP contribution in [0.5, 0.6) is 0 Å². The van der Waals surface area contributed by atoms with Gasteiger partial charge in [-0.15, -0.1) is 0 Å². The van der Waals surface area contributed by atoms with E-state index >= 15 is 0 Å². The normalized spacial score (nSPS) is 10.8. The zero-order valence-electron chi connectivity index (χ0n) is 16.3. The summed E-state index contributed by atoms with van der Waals surface area (Å²) in [5, 5.41) is 7.32. The van der Waals surface area contributed by atoms with Crippen molar-refractivity contribution >= 4 is 22.7 Å². The molecule has 2 heterocycles. The highest BCUT2D eigenvalue weighted by molar-refractivity contribution is 5.96. The van der Waals surface area contributed by atoms with Crippen LogP contribution in [-0.2, 0) is 17.9 Å². The number of carbonyl (C=O) groups is 2. The molecular weight excluding hydrogens is 382 g/mol. The van der Waals surface area contributed by atoms with Crippen molar-refractivity contribution < 1.29 is 9.59 Å². The fraction of sp³-hybridized carbons (Fsp3) is 0.136. The lowest BCUT2D eigenvalue weighted by molar-refractivity contribution is -0.119. The molecule has 2 aromatic heterocycles. The number of benzene rings is 2. The van der Waals surface area contributed by atoms with Gasteiger partial charge in [0.15, 0.2) is 11.4 Å². The number of rotatable bonds is 6. The van der Waals surface area contributed by atoms with Crippen molar-refractivity contribution in [2.75, 3.05) is 0 Å². The number of Topliss-reactive ketones (excluding diaryl/α,β-unsaturated/α-hetero) is 1. The Hall–Kier alpha value is -4.07. The Bertz CT molecular complexity index is 1270. The molecule has 0 saturated carbocycles. The lowest BCUT2D eigenvalue weighted by Gasteiger charge is -2.07. The molecule has 8 nitrogen and oxygen atoms in total. The second-order valence-corrected chi connectivity index (χ2v) is 6.84. The van der Waals surface area contributed by atoms with Gasteiger partial charge in [0.25, 0.3) is 5.56 Å². The van der Waals surface area contributed by atoms with Crippen LogP contribution >= 0.6 is 0 Å². The van der Waals surface area contributed by atoms with Crippen molar-refractivity contribution in [2.24, 2.45) is 0 Å². The summed E-state index contributed by atoms with van der Waals surface area (Å²) in [5.74, 6) is -0.326. The summed E-state index contributed by atoms with van der Waals surface area (Å²) in [4.78, 5) is 40.8. The Morgan fingerprint density at radius 3 is 2.47 bits per heavy atom. The smallest absolute Gasteiger partial charge is 0.264 e. The van der Waals surface area contributed by atoms with Crippen LogP contribution in [0.2, 0.25) is 0 Å². The van der Waals surface area contributed by atoms with E-state index in [1.165, 1.54) is 24.0 Å². The van der Waals surface area contributed by atoms with Gasteiger partial charge < -0.3 is 5.32 Å². The van der Waals surface area contributed by atoms with E-state index in [1.807, 2.05) is 30.3 Å². The summed E-state index contributed by atoms with van der Waals surface area (Å²) in [6, 6.07) is 16.3. The molecule has 0 fully saturated rings. The highest BCUT2D eigenvalue weighted by atomic mass is 16.1. The molecule has 0 radical (unpaired) electrons. The zero-order valence-corrected chi connectivity index (χ0v) is 16.3. The standard InChI is InChI=1S/C22H19N5O3/c1-15(28)23-11-16-7-9-17(10-8-16)20(29)13-26-14-24-21-19(22(26)30)12-25-27(21)18-5-3-2-4-6-18/h2-10,12,14H,11,13H2,1H3,(H,23,28). The SMILES string of the molecule is CC(=O)NCc1ccc(C(=O)Cn2cnc3c(cnn3-c3ccccc3)c2=O)cc1. The molecule has 0 aliphatic heterocycles. The maximum atomic E-state index is 12.8. The summed E-state index contributed by atoms with van der Waals surface area (Å²) >= 11 is 0. The molecule has 8 heteroatoms. The average Bonchev–Trinajstić information content (AvgIpc) is 3.20. The Kier molecular flexibility index (Phi) is 5.21. The van der Waals surface area contributed by atoms with E-state index < -0.39 is 0 Å². The van der Waals surface area contributed by atoms with Crippen LogP contribution in [0.4, 0.5) is 0 Å². The molecule has 0 aliphatic rings. The Balaban J connectivity index is 1.55. The fourth-order valence-electron chi connectivity index (χ4n) is 3.10. The molecule has 1 amide bonds. The minimum atomic E-state index is -0.321. The van der Waals surface area contributed by atoms with Gasteiger partial charge in [-0.3, -0.25) is 19.0 Å². The first-order valence-corrected chi connectivity index (χ1v) is 9.38. The summed E-state index contributed by atoms with van der Waals surface area (Å²) in [6.45, 7) is 1.72. The molecule has 4 aromatic rings. The quantitative estimate of drug-likeness (QED) is 0.499. The number of ketones is 1. The van der Waals surface area contributed by atoms with Gasteiger partial charge in [0, 0.05) is 19.0 Å². The van der Waals surface area contributed by atoms with Gasteiger partial charge in [0.1, 0.15) is 11.7 Å². The third-order valence-electron chi connectivity index (χ3n) is 4.69. The minimum absolute atomic E-state index is 0.118. The third-order valence-corrected chi connectivity index (χ3v) is 4.69. The lowest BCUT2D eigenvalue weighted by atomic mass is 10.1. The largest absolute Gasteiger partial charge is 0.352 e. The van der Waals surface area contributed by atoms with Gasteiger partial charge in [-0.1, -0.05) is 42.5 Å². The molecule has 0 bridgehead atoms. The molecule has 0 saturated heterocycles. The summed E-state index contributed by atoms with van der Waals surface area (Å²) < 4.78 is 2.88. The van der Waals surface area contributed by atoms with Gasteiger partial charge in [-0.05, 0) is 17.7 Å². The second-order valence-electron chi connectivity index (χ2n) is 6.84. The van der Waals surface area contributed by atoms with Crippen molar-refractivity contribution in [1.29, 1.82) is 0 Å². The summed E-state index contributed by atoms with van der Waals surface area (Å²) in [7, 11) is 0. The van der Waals surface area contributed by atoms with Gasteiger partial charge in [0.05, 0.1) is 18.4 Å². The fourth-order valence-corrected chi connectivity index (χ4v) is 3.10. The molecule has 0 aliphatic carbocycles. The maximum absolute atomic E-state index is 12.8. The van der Waals surface area contributed by atoms with Gasteiger partial charge in [0.2, 0.25) is 5.91 Å². The number of nitrogens with zero attached hydrogens (tertiary/aromatic N) is 4. The first-order valence-electron chi connectivity index (χ1n) is 9.38. The van der Waals surface area contributed by atoms with E-state index in [-0.39, 0.29) is 23.8 Å². The molecule has 0 atom stereocenters. The van der Waals surface area contributed by atoms with Crippen LogP contribution in [0.1, 0.15) is 22.8 Å². The van der Waals surface area contributed by atoms with E-state index in [0.29, 0.717) is 23.1 Å². The van der Waals surface area contributed by atoms with Crippen molar-refractivity contribution in [3.05, 3.63) is 88.6 Å². The van der Waals surface area contributed by atoms with E-state index in [0.717, 1.165) is 11.3 Å². The Morgan fingerprint density at radius 2 is 1.77 bits per heavy atom. The molecule has 1 N–H and O–H groups in total. The number of hydrogen-bond donors (Lipinski definition) is 1. The number of nitrogens with one attached hydrogen (secondary N) is 1. The van der Waals surface area contributed by atoms with Crippen molar-refractivity contribution in [3.8, 4) is 5.69 Å². The lowest BCUT2D eigenvalue weighted by Crippen LogP contribution is -2.24. The molecule has 2 aromatic carbocycles. The number of para-hydroxylation sites is 1. The van der Waals surface area contributed by atoms with Crippen LogP contribution in [0.25, 0.3) is 16.7 Å². The monoisotopic (exact) mass is 401 g/mol. The Morgan fingerprint density at radius 1 is 1.03 bits per heavy atom. The second kappa shape index (κ2) is 8.12. The van der Waals surface area contributed by atoms with Crippen molar-refractivity contribution in [3.63, 3.8) is 0 Å². The van der Waals surface area contributed by atoms with E-state index in [4.69, 9.17) is 0 Å². The predicted octanol–water partition coefficient (Wildman–Crippen LogP) is 2.10. The Labute approximate surface area is 171 Å². The van der Waals surface area contributed by atoms with Crippen LogP contribution < -0.4 is 10.9 Å². The van der Waals surface area contributed by atoms with Crippen LogP contribution in [0, 0.1) is 0 Å². The van der Waals surface area contributed by atoms with E-state index in [2.05, 4.69) is 15.4 Å². The molecule has 0 spiro atoms. The molecule has 4 rings (SSSR count).